The SMILES string of the molecule is C#CC(=O)NC1CCCOCC1. The zero-order valence-electron chi connectivity index (χ0n) is 7.01. The van der Waals surface area contributed by atoms with Gasteiger partial charge in [-0.05, 0) is 25.2 Å². The van der Waals surface area contributed by atoms with Gasteiger partial charge in [0.2, 0.25) is 0 Å². The van der Waals surface area contributed by atoms with Crippen LogP contribution in [0.4, 0.5) is 0 Å². The fourth-order valence-corrected chi connectivity index (χ4v) is 1.28. The fourth-order valence-electron chi connectivity index (χ4n) is 1.28. The molecule has 1 N–H and O–H groups in total. The minimum Gasteiger partial charge on any atom is -0.381 e. The maximum atomic E-state index is 10.8. The summed E-state index contributed by atoms with van der Waals surface area (Å²) >= 11 is 0. The quantitative estimate of drug-likeness (QED) is 0.571. The molecular weight excluding hydrogens is 154 g/mol. The van der Waals surface area contributed by atoms with Crippen molar-refractivity contribution in [2.24, 2.45) is 0 Å². The predicted molar refractivity (Wildman–Crippen MR) is 45.4 cm³/mol. The normalized spacial score (nSPS) is 23.8. The molecule has 0 radical (unpaired) electrons. The molecule has 12 heavy (non-hydrogen) atoms. The highest BCUT2D eigenvalue weighted by atomic mass is 16.5. The standard InChI is InChI=1S/C9H13NO2/c1-2-9(11)10-8-4-3-6-12-7-5-8/h1,8H,3-7H2,(H,10,11). The van der Waals surface area contributed by atoms with Gasteiger partial charge in [0.15, 0.2) is 0 Å². The van der Waals surface area contributed by atoms with Crippen LogP contribution in [-0.4, -0.2) is 25.2 Å². The molecule has 1 saturated heterocycles. The zero-order chi connectivity index (χ0) is 8.81. The van der Waals surface area contributed by atoms with E-state index in [9.17, 15) is 4.79 Å². The van der Waals surface area contributed by atoms with E-state index in [-0.39, 0.29) is 11.9 Å². The first-order valence-corrected chi connectivity index (χ1v) is 4.18. The fraction of sp³-hybridized carbons (Fsp3) is 0.667. The first kappa shape index (κ1) is 9.08. The van der Waals surface area contributed by atoms with Crippen LogP contribution >= 0.6 is 0 Å². The van der Waals surface area contributed by atoms with Crippen LogP contribution in [0, 0.1) is 12.3 Å². The number of ether oxygens (including phenoxy) is 1. The Kier molecular flexibility index (Phi) is 3.62. The van der Waals surface area contributed by atoms with Gasteiger partial charge in [-0.1, -0.05) is 0 Å². The third-order valence-corrected chi connectivity index (χ3v) is 1.92. The minimum atomic E-state index is -0.318. The molecule has 0 aromatic carbocycles. The van der Waals surface area contributed by atoms with Crippen LogP contribution < -0.4 is 5.32 Å². The van der Waals surface area contributed by atoms with E-state index in [4.69, 9.17) is 11.2 Å². The highest BCUT2D eigenvalue weighted by Crippen LogP contribution is 2.07. The van der Waals surface area contributed by atoms with Gasteiger partial charge in [0.25, 0.3) is 5.91 Å². The molecule has 66 valence electrons. The van der Waals surface area contributed by atoms with Crippen molar-refractivity contribution in [2.45, 2.75) is 25.3 Å². The summed E-state index contributed by atoms with van der Waals surface area (Å²) in [5.41, 5.74) is 0. The van der Waals surface area contributed by atoms with Crippen LogP contribution in [0.5, 0.6) is 0 Å². The lowest BCUT2D eigenvalue weighted by Gasteiger charge is -2.12. The minimum absolute atomic E-state index is 0.205. The number of hydrogen-bond donors (Lipinski definition) is 1. The van der Waals surface area contributed by atoms with E-state index in [0.717, 1.165) is 32.5 Å². The van der Waals surface area contributed by atoms with Crippen molar-refractivity contribution >= 4 is 5.91 Å². The number of nitrogens with one attached hydrogen (secondary N) is 1. The van der Waals surface area contributed by atoms with E-state index in [2.05, 4.69) is 5.32 Å². The third-order valence-electron chi connectivity index (χ3n) is 1.92. The molecule has 1 unspecified atom stereocenters. The lowest BCUT2D eigenvalue weighted by atomic mass is 10.1. The maximum Gasteiger partial charge on any atom is 0.295 e. The molecule has 0 aromatic heterocycles. The van der Waals surface area contributed by atoms with Crippen LogP contribution in [0.2, 0.25) is 0 Å². The number of rotatable bonds is 1. The average Bonchev–Trinajstić information content (AvgIpc) is 2.33. The monoisotopic (exact) mass is 167 g/mol. The van der Waals surface area contributed by atoms with Gasteiger partial charge >= 0.3 is 0 Å². The molecule has 1 aliphatic rings. The number of amides is 1. The van der Waals surface area contributed by atoms with E-state index >= 15 is 0 Å². The Hall–Kier alpha value is -1.01. The number of carbonyl (C=O) groups is 1. The first-order valence-electron chi connectivity index (χ1n) is 4.18. The lowest BCUT2D eigenvalue weighted by molar-refractivity contribution is -0.116. The topological polar surface area (TPSA) is 38.3 Å². The Morgan fingerprint density at radius 3 is 3.08 bits per heavy atom. The van der Waals surface area contributed by atoms with Crippen molar-refractivity contribution in [1.29, 1.82) is 0 Å². The Bertz CT molecular complexity index is 187. The summed E-state index contributed by atoms with van der Waals surface area (Å²) in [4.78, 5) is 10.8. The maximum absolute atomic E-state index is 10.8. The second kappa shape index (κ2) is 4.78. The Morgan fingerprint density at radius 1 is 1.50 bits per heavy atom. The van der Waals surface area contributed by atoms with Gasteiger partial charge in [0, 0.05) is 19.3 Å². The molecule has 1 atom stereocenters. The summed E-state index contributed by atoms with van der Waals surface area (Å²) in [6, 6.07) is 0.205. The van der Waals surface area contributed by atoms with Crippen LogP contribution in [0.25, 0.3) is 0 Å². The van der Waals surface area contributed by atoms with Crippen molar-refractivity contribution in [2.75, 3.05) is 13.2 Å². The molecule has 0 aromatic rings. The smallest absolute Gasteiger partial charge is 0.295 e. The van der Waals surface area contributed by atoms with Crippen molar-refractivity contribution in [3.8, 4) is 12.3 Å². The Labute approximate surface area is 72.5 Å². The summed E-state index contributed by atoms with van der Waals surface area (Å²) in [7, 11) is 0. The Balaban J connectivity index is 2.30. The van der Waals surface area contributed by atoms with Gasteiger partial charge in [-0.3, -0.25) is 4.79 Å². The summed E-state index contributed by atoms with van der Waals surface area (Å²) in [6.45, 7) is 1.51. The predicted octanol–water partition coefficient (Wildman–Crippen LogP) is 0.305. The zero-order valence-corrected chi connectivity index (χ0v) is 7.01. The molecule has 1 heterocycles. The van der Waals surface area contributed by atoms with Gasteiger partial charge < -0.3 is 10.1 Å². The van der Waals surface area contributed by atoms with Crippen LogP contribution in [0.1, 0.15) is 19.3 Å². The van der Waals surface area contributed by atoms with Gasteiger partial charge in [-0.2, -0.15) is 0 Å². The molecule has 0 saturated carbocycles. The second-order valence-corrected chi connectivity index (χ2v) is 2.86. The van der Waals surface area contributed by atoms with Crippen LogP contribution in [0.15, 0.2) is 0 Å². The number of hydrogen-bond acceptors (Lipinski definition) is 2. The molecule has 0 spiro atoms. The molecule has 3 heteroatoms. The molecule has 0 aliphatic carbocycles. The van der Waals surface area contributed by atoms with Crippen LogP contribution in [-0.2, 0) is 9.53 Å². The summed E-state index contributed by atoms with van der Waals surface area (Å²) in [5, 5.41) is 2.75. The van der Waals surface area contributed by atoms with Gasteiger partial charge in [-0.25, -0.2) is 0 Å². The van der Waals surface area contributed by atoms with E-state index < -0.39 is 0 Å². The van der Waals surface area contributed by atoms with E-state index in [1.54, 1.807) is 0 Å². The van der Waals surface area contributed by atoms with Crippen molar-refractivity contribution in [1.82, 2.24) is 5.32 Å². The second-order valence-electron chi connectivity index (χ2n) is 2.86. The molecule has 1 amide bonds. The molecule has 0 bridgehead atoms. The summed E-state index contributed by atoms with van der Waals surface area (Å²) < 4.78 is 5.24. The summed E-state index contributed by atoms with van der Waals surface area (Å²) in [6.07, 6.45) is 7.76. The molecule has 1 rings (SSSR count). The van der Waals surface area contributed by atoms with E-state index in [0.29, 0.717) is 0 Å². The van der Waals surface area contributed by atoms with Crippen LogP contribution in [0.3, 0.4) is 0 Å². The summed E-state index contributed by atoms with van der Waals surface area (Å²) in [5.74, 6) is 1.72. The molecule has 1 aliphatic heterocycles. The van der Waals surface area contributed by atoms with Gasteiger partial charge in [0.1, 0.15) is 0 Å². The molecular formula is C9H13NO2. The molecule has 3 nitrogen and oxygen atoms in total. The highest BCUT2D eigenvalue weighted by Gasteiger charge is 2.13. The average molecular weight is 167 g/mol. The third kappa shape index (κ3) is 2.93. The lowest BCUT2D eigenvalue weighted by Crippen LogP contribution is -2.33. The van der Waals surface area contributed by atoms with Crippen molar-refractivity contribution < 1.29 is 9.53 Å². The van der Waals surface area contributed by atoms with E-state index in [1.807, 2.05) is 5.92 Å². The molecule has 1 fully saturated rings. The largest absolute Gasteiger partial charge is 0.381 e. The first-order chi connectivity index (χ1) is 5.83. The van der Waals surface area contributed by atoms with Gasteiger partial charge in [0.05, 0.1) is 0 Å². The van der Waals surface area contributed by atoms with E-state index in [1.165, 1.54) is 0 Å². The number of terminal acetylenes is 1. The van der Waals surface area contributed by atoms with Crippen molar-refractivity contribution in [3.05, 3.63) is 0 Å². The van der Waals surface area contributed by atoms with Crippen molar-refractivity contribution in [3.63, 3.8) is 0 Å². The number of carbonyl (C=O) groups excluding carboxylic acids is 1. The highest BCUT2D eigenvalue weighted by molar-refractivity contribution is 5.92. The van der Waals surface area contributed by atoms with Gasteiger partial charge in [-0.15, -0.1) is 6.42 Å². The Morgan fingerprint density at radius 2 is 2.33 bits per heavy atom.